The average molecular weight is 460 g/mol. The monoisotopic (exact) mass is 459 g/mol. The smallest absolute Gasteiger partial charge is 0.331 e. The number of Topliss-reactive ketones (excluding diaryl/α,β-unsaturated/α-hetero) is 1. The molecule has 0 aliphatic carbocycles. The molecule has 2 heterocycles. The second-order valence-corrected chi connectivity index (χ2v) is 9.37. The van der Waals surface area contributed by atoms with Crippen LogP contribution in [-0.2, 0) is 23.9 Å². The molecule has 0 spiro atoms. The molecule has 0 radical (unpaired) electrons. The number of carbonyl (C=O) groups excluding carboxylic acids is 4. The van der Waals surface area contributed by atoms with Crippen LogP contribution in [0.3, 0.4) is 0 Å². The fraction of sp³-hybridized carbons (Fsp3) is 0.615. The number of hydrogen-bond donors (Lipinski definition) is 2. The van der Waals surface area contributed by atoms with E-state index in [1.807, 2.05) is 13.0 Å². The second kappa shape index (κ2) is 13.2. The molecular weight excluding hydrogens is 422 g/mol. The number of esters is 1. The van der Waals surface area contributed by atoms with Crippen LogP contribution in [0.15, 0.2) is 36.0 Å². The van der Waals surface area contributed by atoms with E-state index in [1.54, 1.807) is 13.0 Å². The third-order valence-corrected chi connectivity index (χ3v) is 6.18. The van der Waals surface area contributed by atoms with Crippen LogP contribution in [0.25, 0.3) is 0 Å². The second-order valence-electron chi connectivity index (χ2n) is 9.37. The van der Waals surface area contributed by atoms with Gasteiger partial charge in [-0.05, 0) is 56.4 Å². The van der Waals surface area contributed by atoms with Crippen LogP contribution in [0, 0.1) is 17.8 Å². The summed E-state index contributed by atoms with van der Waals surface area (Å²) in [7, 11) is 0. The highest BCUT2D eigenvalue weighted by Crippen LogP contribution is 2.25. The van der Waals surface area contributed by atoms with E-state index in [0.717, 1.165) is 31.3 Å². The third kappa shape index (κ3) is 9.46. The van der Waals surface area contributed by atoms with Crippen LogP contribution in [0.1, 0.15) is 72.1 Å². The van der Waals surface area contributed by atoms with Gasteiger partial charge in [0, 0.05) is 25.3 Å². The molecule has 182 valence electrons. The van der Waals surface area contributed by atoms with Crippen molar-refractivity contribution >= 4 is 23.6 Å². The van der Waals surface area contributed by atoms with E-state index in [2.05, 4.69) is 24.4 Å². The number of allylic oxidation sites excluding steroid dienone is 4. The Kier molecular flexibility index (Phi) is 10.7. The molecule has 0 saturated carbocycles. The van der Waals surface area contributed by atoms with Crippen molar-refractivity contribution in [2.75, 3.05) is 0 Å². The van der Waals surface area contributed by atoms with Crippen LogP contribution in [0.5, 0.6) is 0 Å². The topological polar surface area (TPSA) is 110 Å². The molecule has 33 heavy (non-hydrogen) atoms. The summed E-state index contributed by atoms with van der Waals surface area (Å²) in [5.41, 5.74) is 0.815. The Balaban J connectivity index is 2.07. The summed E-state index contributed by atoms with van der Waals surface area (Å²) >= 11 is 0. The summed E-state index contributed by atoms with van der Waals surface area (Å²) in [6, 6.07) is 0. The number of aliphatic hydroxyl groups is 1. The number of piperidine rings is 1. The number of cyclic esters (lactones) is 1. The fourth-order valence-electron chi connectivity index (χ4n) is 4.42. The first-order valence-electron chi connectivity index (χ1n) is 11.9. The van der Waals surface area contributed by atoms with Crippen molar-refractivity contribution in [1.29, 1.82) is 0 Å². The number of imide groups is 1. The largest absolute Gasteiger partial charge is 0.454 e. The van der Waals surface area contributed by atoms with Gasteiger partial charge in [-0.3, -0.25) is 19.7 Å². The van der Waals surface area contributed by atoms with Crippen molar-refractivity contribution in [3.63, 3.8) is 0 Å². The number of ether oxygens (including phenoxy) is 1. The van der Waals surface area contributed by atoms with Crippen molar-refractivity contribution in [2.45, 2.75) is 84.3 Å². The predicted molar refractivity (Wildman–Crippen MR) is 125 cm³/mol. The molecule has 0 unspecified atom stereocenters. The average Bonchev–Trinajstić information content (AvgIpc) is 2.71. The predicted octanol–water partition coefficient (Wildman–Crippen LogP) is 3.57. The van der Waals surface area contributed by atoms with E-state index in [1.165, 1.54) is 6.08 Å². The van der Waals surface area contributed by atoms with Crippen LogP contribution in [-0.4, -0.2) is 40.9 Å². The standard InChI is InChI=1S/C26H37NO6/c1-17-10-8-6-4-5-7-9-11-25(32)33-26(18(2)12-17)19(3)22(29)16-21(28)13-20-14-23(30)27-24(31)15-20/h4,6,9,11-12,17,19-21,26,28H,5,7-8,10,13-16H2,1-3H3,(H,27,30,31)/b6-4?,11-9+,18-12-/t17-,19+,21-,26-/m0/s1. The maximum Gasteiger partial charge on any atom is 0.331 e. The molecule has 0 aromatic heterocycles. The molecule has 1 fully saturated rings. The van der Waals surface area contributed by atoms with Gasteiger partial charge in [-0.2, -0.15) is 0 Å². The molecule has 0 aromatic rings. The Labute approximate surface area is 196 Å². The quantitative estimate of drug-likeness (QED) is 0.357. The summed E-state index contributed by atoms with van der Waals surface area (Å²) in [4.78, 5) is 48.5. The summed E-state index contributed by atoms with van der Waals surface area (Å²) in [5, 5.41) is 12.7. The van der Waals surface area contributed by atoms with E-state index in [9.17, 15) is 24.3 Å². The van der Waals surface area contributed by atoms with E-state index in [4.69, 9.17) is 4.74 Å². The van der Waals surface area contributed by atoms with Crippen molar-refractivity contribution in [1.82, 2.24) is 5.32 Å². The first-order chi connectivity index (χ1) is 15.7. The van der Waals surface area contributed by atoms with Gasteiger partial charge in [0.05, 0.1) is 12.0 Å². The number of aliphatic hydroxyl groups excluding tert-OH is 1. The Hall–Kier alpha value is -2.54. The Morgan fingerprint density at radius 2 is 1.76 bits per heavy atom. The molecule has 7 heteroatoms. The molecule has 4 atom stereocenters. The van der Waals surface area contributed by atoms with Gasteiger partial charge in [0.1, 0.15) is 11.9 Å². The van der Waals surface area contributed by atoms with E-state index >= 15 is 0 Å². The van der Waals surface area contributed by atoms with Crippen LogP contribution in [0.4, 0.5) is 0 Å². The summed E-state index contributed by atoms with van der Waals surface area (Å²) in [5.74, 6) is -2.07. The molecule has 0 aromatic carbocycles. The lowest BCUT2D eigenvalue weighted by atomic mass is 9.86. The lowest BCUT2D eigenvalue weighted by molar-refractivity contribution is -0.145. The third-order valence-electron chi connectivity index (χ3n) is 6.18. The number of amides is 2. The minimum absolute atomic E-state index is 0.120. The maximum absolute atomic E-state index is 13.0. The minimum atomic E-state index is -0.965. The number of nitrogens with one attached hydrogen (secondary N) is 1. The normalized spacial score (nSPS) is 28.0. The summed E-state index contributed by atoms with van der Waals surface area (Å²) in [6.45, 7) is 5.67. The molecule has 2 amide bonds. The highest BCUT2D eigenvalue weighted by atomic mass is 16.5. The lowest BCUT2D eigenvalue weighted by Crippen LogP contribution is -2.40. The van der Waals surface area contributed by atoms with Gasteiger partial charge in [0.15, 0.2) is 0 Å². The molecule has 2 aliphatic heterocycles. The molecule has 2 N–H and O–H groups in total. The zero-order chi connectivity index (χ0) is 24.4. The van der Waals surface area contributed by atoms with Gasteiger partial charge in [-0.15, -0.1) is 0 Å². The number of carbonyl (C=O) groups is 4. The van der Waals surface area contributed by atoms with E-state index in [0.29, 0.717) is 0 Å². The van der Waals surface area contributed by atoms with Crippen molar-refractivity contribution in [3.05, 3.63) is 36.0 Å². The Morgan fingerprint density at radius 3 is 2.45 bits per heavy atom. The lowest BCUT2D eigenvalue weighted by Gasteiger charge is -2.27. The number of rotatable bonds is 6. The first-order valence-corrected chi connectivity index (χ1v) is 11.9. The molecule has 2 aliphatic rings. The van der Waals surface area contributed by atoms with Gasteiger partial charge < -0.3 is 9.84 Å². The maximum atomic E-state index is 13.0. The van der Waals surface area contributed by atoms with Crippen molar-refractivity contribution in [2.24, 2.45) is 17.8 Å². The minimum Gasteiger partial charge on any atom is -0.454 e. The summed E-state index contributed by atoms with van der Waals surface area (Å²) in [6.07, 6.45) is 11.7. The van der Waals surface area contributed by atoms with Gasteiger partial charge in [-0.1, -0.05) is 38.2 Å². The van der Waals surface area contributed by atoms with Crippen LogP contribution < -0.4 is 5.32 Å². The molecule has 7 nitrogen and oxygen atoms in total. The van der Waals surface area contributed by atoms with E-state index < -0.39 is 24.1 Å². The molecule has 2 rings (SSSR count). The zero-order valence-corrected chi connectivity index (χ0v) is 19.9. The number of hydrogen-bond acceptors (Lipinski definition) is 6. The highest BCUT2D eigenvalue weighted by molar-refractivity contribution is 5.97. The van der Waals surface area contributed by atoms with Crippen LogP contribution >= 0.6 is 0 Å². The van der Waals surface area contributed by atoms with Crippen LogP contribution in [0.2, 0.25) is 0 Å². The van der Waals surface area contributed by atoms with Gasteiger partial charge in [0.2, 0.25) is 11.8 Å². The highest BCUT2D eigenvalue weighted by Gasteiger charge is 2.32. The molecular formula is C26H37NO6. The zero-order valence-electron chi connectivity index (χ0n) is 19.9. The Bertz CT molecular complexity index is 796. The van der Waals surface area contributed by atoms with Crippen molar-refractivity contribution in [3.8, 4) is 0 Å². The van der Waals surface area contributed by atoms with Gasteiger partial charge in [0.25, 0.3) is 0 Å². The molecule has 1 saturated heterocycles. The SMILES string of the molecule is C/C1=C/[C@@H](C)CCC=CCC/C=C/C(=O)O[C@@H]1[C@H](C)C(=O)C[C@@H](O)CC1CC(=O)NC(=O)C1. The summed E-state index contributed by atoms with van der Waals surface area (Å²) < 4.78 is 5.69. The number of ketones is 1. The van der Waals surface area contributed by atoms with Gasteiger partial charge >= 0.3 is 5.97 Å². The first kappa shape index (κ1) is 26.7. The van der Waals surface area contributed by atoms with Crippen molar-refractivity contribution < 1.29 is 29.0 Å². The Morgan fingerprint density at radius 1 is 1.12 bits per heavy atom. The fourth-order valence-corrected chi connectivity index (χ4v) is 4.42. The van der Waals surface area contributed by atoms with E-state index in [-0.39, 0.29) is 55.1 Å². The molecule has 0 bridgehead atoms. The van der Waals surface area contributed by atoms with Gasteiger partial charge in [-0.25, -0.2) is 4.79 Å².